The Bertz CT molecular complexity index is 515. The van der Waals surface area contributed by atoms with Gasteiger partial charge in [-0.15, -0.1) is 0 Å². The number of amides is 2. The van der Waals surface area contributed by atoms with Crippen LogP contribution in [0.4, 0.5) is 4.79 Å². The average molecular weight is 330 g/mol. The van der Waals surface area contributed by atoms with Gasteiger partial charge in [-0.3, -0.25) is 4.98 Å². The molecule has 5 nitrogen and oxygen atoms in total. The third-order valence-electron chi connectivity index (χ3n) is 5.33. The molecule has 1 aromatic rings. The number of nitrogens with one attached hydrogen (secondary N) is 1. The van der Waals surface area contributed by atoms with Gasteiger partial charge in [0.15, 0.2) is 0 Å². The first kappa shape index (κ1) is 17.2. The minimum absolute atomic E-state index is 0.138. The van der Waals surface area contributed by atoms with Crippen LogP contribution < -0.4 is 5.32 Å². The molecule has 1 N–H and O–H groups in total. The lowest BCUT2D eigenvalue weighted by Crippen LogP contribution is -2.40. The van der Waals surface area contributed by atoms with Crippen LogP contribution in [0.5, 0.6) is 0 Å². The zero-order valence-electron chi connectivity index (χ0n) is 14.8. The van der Waals surface area contributed by atoms with Crippen molar-refractivity contribution < 1.29 is 4.79 Å². The molecule has 132 valence electrons. The zero-order valence-corrected chi connectivity index (χ0v) is 14.8. The van der Waals surface area contributed by atoms with E-state index in [9.17, 15) is 4.79 Å². The predicted molar refractivity (Wildman–Crippen MR) is 95.6 cm³/mol. The van der Waals surface area contributed by atoms with Crippen molar-refractivity contribution in [2.45, 2.75) is 38.6 Å². The van der Waals surface area contributed by atoms with Crippen molar-refractivity contribution in [1.82, 2.24) is 20.1 Å². The van der Waals surface area contributed by atoms with Crippen LogP contribution >= 0.6 is 0 Å². The average Bonchev–Trinajstić information content (AvgIpc) is 3.25. The Morgan fingerprint density at radius 2 is 2.17 bits per heavy atom. The van der Waals surface area contributed by atoms with Crippen molar-refractivity contribution in [2.75, 3.05) is 33.2 Å². The summed E-state index contributed by atoms with van der Waals surface area (Å²) in [6.45, 7) is 4.58. The molecule has 0 spiro atoms. The number of carbonyl (C=O) groups is 1. The standard InChI is InChI=1S/C19H30N4O/c1-22(13-17-7-4-9-20-11-17)14-18-8-10-23(15-18)19(24)21-12-16-5-2-3-6-16/h4,7,9,11,16,18H,2-3,5-6,8,10,12-15H2,1H3,(H,21,24)/t18-/m1/s1. The molecule has 2 aliphatic rings. The second-order valence-electron chi connectivity index (χ2n) is 7.50. The van der Waals surface area contributed by atoms with Crippen molar-refractivity contribution in [3.05, 3.63) is 30.1 Å². The van der Waals surface area contributed by atoms with Crippen molar-refractivity contribution in [3.8, 4) is 0 Å². The van der Waals surface area contributed by atoms with E-state index in [2.05, 4.69) is 28.3 Å². The van der Waals surface area contributed by atoms with E-state index in [1.54, 1.807) is 0 Å². The van der Waals surface area contributed by atoms with E-state index in [1.807, 2.05) is 23.4 Å². The third kappa shape index (κ3) is 4.94. The first-order valence-corrected chi connectivity index (χ1v) is 9.31. The molecule has 1 saturated heterocycles. The Labute approximate surface area is 145 Å². The van der Waals surface area contributed by atoms with Crippen LogP contribution in [-0.2, 0) is 6.54 Å². The summed E-state index contributed by atoms with van der Waals surface area (Å²) in [7, 11) is 2.15. The van der Waals surface area contributed by atoms with Gasteiger partial charge in [-0.1, -0.05) is 18.9 Å². The number of urea groups is 1. The van der Waals surface area contributed by atoms with Crippen LogP contribution in [0.25, 0.3) is 0 Å². The molecule has 1 saturated carbocycles. The molecule has 0 radical (unpaired) electrons. The minimum atomic E-state index is 0.138. The lowest BCUT2D eigenvalue weighted by atomic mass is 10.1. The van der Waals surface area contributed by atoms with Gasteiger partial charge in [0.1, 0.15) is 0 Å². The fourth-order valence-corrected chi connectivity index (χ4v) is 4.03. The molecule has 24 heavy (non-hydrogen) atoms. The normalized spacial score (nSPS) is 21.6. The topological polar surface area (TPSA) is 48.5 Å². The van der Waals surface area contributed by atoms with E-state index in [1.165, 1.54) is 31.2 Å². The van der Waals surface area contributed by atoms with Crippen molar-refractivity contribution >= 4 is 6.03 Å². The maximum atomic E-state index is 12.3. The number of pyridine rings is 1. The van der Waals surface area contributed by atoms with E-state index in [4.69, 9.17) is 0 Å². The predicted octanol–water partition coefficient (Wildman–Crippen LogP) is 2.74. The summed E-state index contributed by atoms with van der Waals surface area (Å²) in [4.78, 5) is 20.8. The van der Waals surface area contributed by atoms with Gasteiger partial charge in [-0.05, 0) is 49.8 Å². The summed E-state index contributed by atoms with van der Waals surface area (Å²) < 4.78 is 0. The van der Waals surface area contributed by atoms with E-state index in [-0.39, 0.29) is 6.03 Å². The van der Waals surface area contributed by atoms with Crippen LogP contribution in [0.15, 0.2) is 24.5 Å². The molecule has 0 unspecified atom stereocenters. The first-order chi connectivity index (χ1) is 11.7. The van der Waals surface area contributed by atoms with E-state index in [0.717, 1.165) is 39.1 Å². The fraction of sp³-hybridized carbons (Fsp3) is 0.684. The largest absolute Gasteiger partial charge is 0.338 e. The number of hydrogen-bond donors (Lipinski definition) is 1. The lowest BCUT2D eigenvalue weighted by molar-refractivity contribution is 0.202. The van der Waals surface area contributed by atoms with Gasteiger partial charge >= 0.3 is 6.03 Å². The molecule has 0 aromatic carbocycles. The Kier molecular flexibility index (Phi) is 6.07. The second-order valence-corrected chi connectivity index (χ2v) is 7.50. The Hall–Kier alpha value is -1.62. The number of rotatable bonds is 6. The smallest absolute Gasteiger partial charge is 0.317 e. The van der Waals surface area contributed by atoms with Crippen LogP contribution in [0, 0.1) is 11.8 Å². The SMILES string of the molecule is CN(Cc1cccnc1)C[C@H]1CCN(C(=O)NCC2CCCC2)C1. The maximum Gasteiger partial charge on any atom is 0.317 e. The summed E-state index contributed by atoms with van der Waals surface area (Å²) >= 11 is 0. The number of carbonyl (C=O) groups excluding carboxylic acids is 1. The first-order valence-electron chi connectivity index (χ1n) is 9.31. The molecule has 1 aliphatic heterocycles. The molecule has 1 aromatic heterocycles. The van der Waals surface area contributed by atoms with Gasteiger partial charge in [0.05, 0.1) is 0 Å². The van der Waals surface area contributed by atoms with Gasteiger partial charge in [0, 0.05) is 45.1 Å². The highest BCUT2D eigenvalue weighted by molar-refractivity contribution is 5.74. The molecular weight excluding hydrogens is 300 g/mol. The number of aromatic nitrogens is 1. The zero-order chi connectivity index (χ0) is 16.8. The highest BCUT2D eigenvalue weighted by Crippen LogP contribution is 2.24. The molecule has 1 atom stereocenters. The lowest BCUT2D eigenvalue weighted by Gasteiger charge is -2.22. The summed E-state index contributed by atoms with van der Waals surface area (Å²) in [5, 5.41) is 3.15. The molecule has 2 fully saturated rings. The second kappa shape index (κ2) is 8.47. The summed E-state index contributed by atoms with van der Waals surface area (Å²) in [5.74, 6) is 1.28. The third-order valence-corrected chi connectivity index (χ3v) is 5.33. The fourth-order valence-electron chi connectivity index (χ4n) is 4.03. The van der Waals surface area contributed by atoms with Crippen molar-refractivity contribution in [3.63, 3.8) is 0 Å². The highest BCUT2D eigenvalue weighted by atomic mass is 16.2. The molecule has 3 rings (SSSR count). The molecule has 5 heteroatoms. The van der Waals surface area contributed by atoms with Gasteiger partial charge < -0.3 is 15.1 Å². The van der Waals surface area contributed by atoms with Gasteiger partial charge in [-0.2, -0.15) is 0 Å². The van der Waals surface area contributed by atoms with Crippen molar-refractivity contribution in [1.29, 1.82) is 0 Å². The monoisotopic (exact) mass is 330 g/mol. The molecular formula is C19H30N4O. The highest BCUT2D eigenvalue weighted by Gasteiger charge is 2.27. The van der Waals surface area contributed by atoms with E-state index < -0.39 is 0 Å². The summed E-state index contributed by atoms with van der Waals surface area (Å²) in [5.41, 5.74) is 1.24. The Morgan fingerprint density at radius 1 is 1.33 bits per heavy atom. The molecule has 0 bridgehead atoms. The van der Waals surface area contributed by atoms with Gasteiger partial charge in [0.25, 0.3) is 0 Å². The van der Waals surface area contributed by atoms with Gasteiger partial charge in [-0.25, -0.2) is 4.79 Å². The van der Waals surface area contributed by atoms with E-state index >= 15 is 0 Å². The summed E-state index contributed by atoms with van der Waals surface area (Å²) in [6.07, 6.45) is 10.1. The Morgan fingerprint density at radius 3 is 2.92 bits per heavy atom. The number of hydrogen-bond acceptors (Lipinski definition) is 3. The van der Waals surface area contributed by atoms with Crippen LogP contribution in [0.3, 0.4) is 0 Å². The summed E-state index contributed by atoms with van der Waals surface area (Å²) in [6, 6.07) is 4.23. The molecule has 1 aliphatic carbocycles. The number of nitrogens with zero attached hydrogens (tertiary/aromatic N) is 3. The minimum Gasteiger partial charge on any atom is -0.338 e. The van der Waals surface area contributed by atoms with Crippen LogP contribution in [-0.4, -0.2) is 54.0 Å². The number of likely N-dealkylation sites (tertiary alicyclic amines) is 1. The quantitative estimate of drug-likeness (QED) is 0.872. The van der Waals surface area contributed by atoms with Gasteiger partial charge in [0.2, 0.25) is 0 Å². The van der Waals surface area contributed by atoms with Crippen LogP contribution in [0.1, 0.15) is 37.7 Å². The van der Waals surface area contributed by atoms with Crippen LogP contribution in [0.2, 0.25) is 0 Å². The van der Waals surface area contributed by atoms with E-state index in [0.29, 0.717) is 11.8 Å². The van der Waals surface area contributed by atoms with Crippen molar-refractivity contribution in [2.24, 2.45) is 11.8 Å². The Balaban J connectivity index is 1.37. The molecule has 2 heterocycles. The maximum absolute atomic E-state index is 12.3. The molecule has 2 amide bonds.